The summed E-state index contributed by atoms with van der Waals surface area (Å²) in [6, 6.07) is 18.0. The maximum absolute atomic E-state index is 13.3. The second kappa shape index (κ2) is 8.01. The van der Waals surface area contributed by atoms with Gasteiger partial charge in [-0.05, 0) is 19.1 Å². The largest absolute Gasteiger partial charge is 0.360 e. The molecule has 7 heteroatoms. The number of aromatic nitrogens is 2. The molecular weight excluding hydrogens is 396 g/mol. The van der Waals surface area contributed by atoms with E-state index in [1.807, 2.05) is 41.3 Å². The van der Waals surface area contributed by atoms with Gasteiger partial charge in [-0.25, -0.2) is 4.98 Å². The highest BCUT2D eigenvalue weighted by molar-refractivity contribution is 7.18. The summed E-state index contributed by atoms with van der Waals surface area (Å²) in [6.45, 7) is 5.97. The Kier molecular flexibility index (Phi) is 5.06. The molecule has 0 saturated carbocycles. The molecule has 0 bridgehead atoms. The van der Waals surface area contributed by atoms with Gasteiger partial charge in [0, 0.05) is 5.56 Å². The molecule has 0 radical (unpaired) electrons. The maximum Gasteiger partial charge on any atom is 0.260 e. The first kappa shape index (κ1) is 19.0. The first-order valence-corrected chi connectivity index (χ1v) is 11.0. The highest BCUT2D eigenvalue weighted by Gasteiger charge is 2.30. The number of carbonyl (C=O) groups excluding carboxylic acids is 1. The number of rotatable bonds is 4. The van der Waals surface area contributed by atoms with Crippen molar-refractivity contribution in [1.29, 1.82) is 0 Å². The van der Waals surface area contributed by atoms with Gasteiger partial charge in [-0.3, -0.25) is 4.79 Å². The van der Waals surface area contributed by atoms with Crippen LogP contribution < -0.4 is 4.90 Å². The molecule has 152 valence electrons. The minimum Gasteiger partial charge on any atom is -0.360 e. The molecule has 1 amide bonds. The van der Waals surface area contributed by atoms with Crippen molar-refractivity contribution in [2.45, 2.75) is 13.5 Å². The van der Waals surface area contributed by atoms with E-state index in [1.54, 1.807) is 18.3 Å². The van der Waals surface area contributed by atoms with E-state index in [0.29, 0.717) is 17.0 Å². The lowest BCUT2D eigenvalue weighted by Crippen LogP contribution is -3.13. The van der Waals surface area contributed by atoms with Crippen molar-refractivity contribution in [3.05, 3.63) is 70.9 Å². The Hall–Kier alpha value is -3.03. The van der Waals surface area contributed by atoms with E-state index in [2.05, 4.69) is 23.4 Å². The van der Waals surface area contributed by atoms with Crippen molar-refractivity contribution < 1.29 is 14.2 Å². The summed E-state index contributed by atoms with van der Waals surface area (Å²) in [5.41, 5.74) is 3.18. The third-order valence-corrected chi connectivity index (χ3v) is 6.66. The second-order valence-corrected chi connectivity index (χ2v) is 8.74. The number of hydrogen-bond acceptors (Lipinski definition) is 5. The quantitative estimate of drug-likeness (QED) is 0.553. The zero-order chi connectivity index (χ0) is 20.5. The monoisotopic (exact) mass is 419 g/mol. The average molecular weight is 420 g/mol. The number of thiazole rings is 1. The van der Waals surface area contributed by atoms with Gasteiger partial charge in [0.05, 0.1) is 36.4 Å². The van der Waals surface area contributed by atoms with Gasteiger partial charge >= 0.3 is 0 Å². The molecule has 0 unspecified atom stereocenters. The summed E-state index contributed by atoms with van der Waals surface area (Å²) < 4.78 is 6.61. The predicted molar refractivity (Wildman–Crippen MR) is 117 cm³/mol. The standard InChI is InChI=1S/C23H22N4O2S/c1-16-21(22(25-29-16)17-7-3-2-4-8-17)23(28)27-13-11-26(12-14-27)15-20-24-18-9-5-6-10-19(18)30-20/h2-10H,11-15H2,1H3/p+1. The number of amides is 1. The number of aryl methyl sites for hydroxylation is 1. The number of piperazine rings is 1. The molecule has 1 fully saturated rings. The van der Waals surface area contributed by atoms with Crippen molar-refractivity contribution in [1.82, 2.24) is 15.0 Å². The van der Waals surface area contributed by atoms with E-state index in [9.17, 15) is 4.79 Å². The lowest BCUT2D eigenvalue weighted by atomic mass is 10.0. The van der Waals surface area contributed by atoms with Crippen LogP contribution >= 0.6 is 11.3 Å². The van der Waals surface area contributed by atoms with Crippen molar-refractivity contribution in [3.8, 4) is 11.3 Å². The normalized spacial score (nSPS) is 15.0. The van der Waals surface area contributed by atoms with E-state index < -0.39 is 0 Å². The van der Waals surface area contributed by atoms with Crippen LogP contribution in [-0.2, 0) is 6.54 Å². The van der Waals surface area contributed by atoms with Crippen molar-refractivity contribution in [2.75, 3.05) is 26.2 Å². The Morgan fingerprint density at radius 1 is 1.10 bits per heavy atom. The topological polar surface area (TPSA) is 63.7 Å². The molecule has 1 aliphatic rings. The molecule has 1 N–H and O–H groups in total. The van der Waals surface area contributed by atoms with Crippen LogP contribution in [0.15, 0.2) is 59.1 Å². The lowest BCUT2D eigenvalue weighted by Gasteiger charge is -2.31. The molecule has 1 aliphatic heterocycles. The number of carbonyl (C=O) groups is 1. The molecule has 5 rings (SSSR count). The van der Waals surface area contributed by atoms with Crippen LogP contribution in [-0.4, -0.2) is 47.1 Å². The minimum absolute atomic E-state index is 0.00615. The molecule has 0 spiro atoms. The Morgan fingerprint density at radius 3 is 2.60 bits per heavy atom. The molecule has 2 aromatic carbocycles. The minimum atomic E-state index is 0.00615. The molecule has 6 nitrogen and oxygen atoms in total. The SMILES string of the molecule is Cc1onc(-c2ccccc2)c1C(=O)N1CC[NH+](Cc2nc3ccccc3s2)CC1. The van der Waals surface area contributed by atoms with Crippen LogP contribution in [0.4, 0.5) is 0 Å². The number of nitrogens with zero attached hydrogens (tertiary/aromatic N) is 3. The molecule has 0 atom stereocenters. The zero-order valence-electron chi connectivity index (χ0n) is 16.8. The molecule has 3 heterocycles. The highest BCUT2D eigenvalue weighted by atomic mass is 32.1. The third-order valence-electron chi connectivity index (χ3n) is 5.62. The lowest BCUT2D eigenvalue weighted by molar-refractivity contribution is -0.917. The summed E-state index contributed by atoms with van der Waals surface area (Å²) in [5.74, 6) is 0.578. The third kappa shape index (κ3) is 3.62. The van der Waals surface area contributed by atoms with Crippen LogP contribution in [0.1, 0.15) is 21.1 Å². The van der Waals surface area contributed by atoms with Gasteiger partial charge in [0.2, 0.25) is 0 Å². The molecule has 0 aliphatic carbocycles. The van der Waals surface area contributed by atoms with Crippen LogP contribution in [0.3, 0.4) is 0 Å². The number of hydrogen-bond donors (Lipinski definition) is 1. The zero-order valence-corrected chi connectivity index (χ0v) is 17.6. The van der Waals surface area contributed by atoms with Gasteiger partial charge in [0.25, 0.3) is 5.91 Å². The summed E-state index contributed by atoms with van der Waals surface area (Å²) in [6.07, 6.45) is 0. The van der Waals surface area contributed by atoms with Crippen molar-refractivity contribution in [3.63, 3.8) is 0 Å². The molecule has 1 saturated heterocycles. The number of nitrogens with one attached hydrogen (secondary N) is 1. The van der Waals surface area contributed by atoms with E-state index in [0.717, 1.165) is 48.8 Å². The molecular formula is C23H23N4O2S+. The first-order chi connectivity index (χ1) is 14.7. The number of benzene rings is 2. The fourth-order valence-corrected chi connectivity index (χ4v) is 5.03. The number of quaternary nitrogens is 1. The summed E-state index contributed by atoms with van der Waals surface area (Å²) in [7, 11) is 0. The Bertz CT molecular complexity index is 1140. The average Bonchev–Trinajstić information content (AvgIpc) is 3.37. The van der Waals surface area contributed by atoms with Crippen LogP contribution in [0.2, 0.25) is 0 Å². The number of fused-ring (bicyclic) bond motifs is 1. The highest BCUT2D eigenvalue weighted by Crippen LogP contribution is 2.26. The summed E-state index contributed by atoms with van der Waals surface area (Å²) in [4.78, 5) is 21.4. The Labute approximate surface area is 178 Å². The van der Waals surface area contributed by atoms with Gasteiger partial charge in [-0.1, -0.05) is 47.6 Å². The molecule has 30 heavy (non-hydrogen) atoms. The molecule has 4 aromatic rings. The van der Waals surface area contributed by atoms with Crippen molar-refractivity contribution >= 4 is 27.5 Å². The van der Waals surface area contributed by atoms with Gasteiger partial charge < -0.3 is 14.3 Å². The number of para-hydroxylation sites is 1. The van der Waals surface area contributed by atoms with E-state index in [-0.39, 0.29) is 5.91 Å². The summed E-state index contributed by atoms with van der Waals surface area (Å²) >= 11 is 1.76. The van der Waals surface area contributed by atoms with Gasteiger partial charge in [-0.15, -0.1) is 11.3 Å². The van der Waals surface area contributed by atoms with E-state index in [4.69, 9.17) is 9.51 Å². The smallest absolute Gasteiger partial charge is 0.260 e. The fraction of sp³-hybridized carbons (Fsp3) is 0.261. The van der Waals surface area contributed by atoms with Crippen molar-refractivity contribution in [2.24, 2.45) is 0 Å². The van der Waals surface area contributed by atoms with E-state index in [1.165, 1.54) is 9.60 Å². The van der Waals surface area contributed by atoms with Crippen LogP contribution in [0.5, 0.6) is 0 Å². The predicted octanol–water partition coefficient (Wildman–Crippen LogP) is 2.80. The van der Waals surface area contributed by atoms with Gasteiger partial charge in [0.15, 0.2) is 0 Å². The fourth-order valence-electron chi connectivity index (χ4n) is 3.99. The second-order valence-electron chi connectivity index (χ2n) is 7.62. The Balaban J connectivity index is 1.27. The van der Waals surface area contributed by atoms with E-state index >= 15 is 0 Å². The van der Waals surface area contributed by atoms with Gasteiger partial charge in [0.1, 0.15) is 28.6 Å². The van der Waals surface area contributed by atoms with Gasteiger partial charge in [-0.2, -0.15) is 0 Å². The summed E-state index contributed by atoms with van der Waals surface area (Å²) in [5, 5.41) is 5.32. The van der Waals surface area contributed by atoms with Crippen LogP contribution in [0, 0.1) is 6.92 Å². The first-order valence-electron chi connectivity index (χ1n) is 10.2. The maximum atomic E-state index is 13.3. The molecule has 2 aromatic heterocycles. The Morgan fingerprint density at radius 2 is 1.83 bits per heavy atom. The van der Waals surface area contributed by atoms with Crippen LogP contribution in [0.25, 0.3) is 21.5 Å².